The van der Waals surface area contributed by atoms with Crippen molar-refractivity contribution in [3.8, 4) is 0 Å². The summed E-state index contributed by atoms with van der Waals surface area (Å²) in [6.45, 7) is 1.92. The predicted octanol–water partition coefficient (Wildman–Crippen LogP) is 2.91. The fraction of sp³-hybridized carbons (Fsp3) is 0.158. The third-order valence-corrected chi connectivity index (χ3v) is 4.60. The largest absolute Gasteiger partial charge is 0.369 e. The van der Waals surface area contributed by atoms with Crippen molar-refractivity contribution in [2.24, 2.45) is 15.7 Å². The van der Waals surface area contributed by atoms with Crippen LogP contribution in [0.2, 0.25) is 10.0 Å². The van der Waals surface area contributed by atoms with Crippen molar-refractivity contribution in [1.82, 2.24) is 5.32 Å². The quantitative estimate of drug-likeness (QED) is 0.438. The van der Waals surface area contributed by atoms with Crippen LogP contribution < -0.4 is 21.7 Å². The topological polar surface area (TPSA) is 121 Å². The molecule has 0 saturated heterocycles. The average molecular weight is 433 g/mol. The first kappa shape index (κ1) is 20.6. The summed E-state index contributed by atoms with van der Waals surface area (Å²) in [6.07, 6.45) is -0.182. The number of nitrogens with two attached hydrogens (primary N) is 1. The molecule has 0 spiro atoms. The molecule has 29 heavy (non-hydrogen) atoms. The lowest BCUT2D eigenvalue weighted by atomic mass is 10.2. The van der Waals surface area contributed by atoms with Crippen molar-refractivity contribution in [1.29, 1.82) is 0 Å². The van der Waals surface area contributed by atoms with E-state index in [1.54, 1.807) is 12.1 Å². The maximum absolute atomic E-state index is 12.3. The highest BCUT2D eigenvalue weighted by atomic mass is 35.5. The van der Waals surface area contributed by atoms with E-state index in [2.05, 4.69) is 25.9 Å². The number of guanidine groups is 2. The lowest BCUT2D eigenvalue weighted by Crippen LogP contribution is -2.32. The number of hydrogen-bond acceptors (Lipinski definition) is 4. The van der Waals surface area contributed by atoms with E-state index >= 15 is 0 Å². The van der Waals surface area contributed by atoms with Gasteiger partial charge in [-0.25, -0.2) is 4.99 Å². The van der Waals surface area contributed by atoms with Gasteiger partial charge < -0.3 is 16.4 Å². The minimum atomic E-state index is -0.919. The molecule has 2 amide bonds. The van der Waals surface area contributed by atoms with E-state index in [0.29, 0.717) is 15.7 Å². The minimum absolute atomic E-state index is 0.0344. The normalized spacial score (nSPS) is 16.2. The molecular weight excluding hydrogens is 415 g/mol. The van der Waals surface area contributed by atoms with Crippen molar-refractivity contribution in [2.75, 3.05) is 10.6 Å². The monoisotopic (exact) mass is 432 g/mol. The minimum Gasteiger partial charge on any atom is -0.369 e. The highest BCUT2D eigenvalue weighted by Gasteiger charge is 2.29. The second-order valence-corrected chi connectivity index (χ2v) is 7.11. The van der Waals surface area contributed by atoms with E-state index in [-0.39, 0.29) is 18.3 Å². The second-order valence-electron chi connectivity index (χ2n) is 6.27. The van der Waals surface area contributed by atoms with Gasteiger partial charge in [-0.3, -0.25) is 14.9 Å². The number of carbonyl (C=O) groups excluding carboxylic acids is 2. The predicted molar refractivity (Wildman–Crippen MR) is 115 cm³/mol. The van der Waals surface area contributed by atoms with E-state index in [1.807, 2.05) is 31.2 Å². The van der Waals surface area contributed by atoms with Crippen LogP contribution in [0.5, 0.6) is 0 Å². The Labute approximate surface area is 177 Å². The van der Waals surface area contributed by atoms with Crippen LogP contribution >= 0.6 is 23.2 Å². The Kier molecular flexibility index (Phi) is 6.36. The zero-order valence-corrected chi connectivity index (χ0v) is 16.9. The van der Waals surface area contributed by atoms with Crippen molar-refractivity contribution in [3.63, 3.8) is 0 Å². The SMILES string of the molecule is Cc1ccccc1N/C(N)=N/C1=NC(CC(=O)Nc2cc(Cl)ccc2Cl)C(=O)N1. The maximum atomic E-state index is 12.3. The molecule has 0 radical (unpaired) electrons. The number of para-hydroxylation sites is 1. The number of anilines is 2. The number of halogens is 2. The zero-order valence-electron chi connectivity index (χ0n) is 15.4. The lowest BCUT2D eigenvalue weighted by molar-refractivity contribution is -0.123. The number of carbonyl (C=O) groups is 2. The van der Waals surface area contributed by atoms with Crippen LogP contribution in [0.1, 0.15) is 12.0 Å². The molecule has 2 aromatic carbocycles. The molecule has 3 rings (SSSR count). The molecule has 2 aromatic rings. The average Bonchev–Trinajstić information content (AvgIpc) is 2.98. The van der Waals surface area contributed by atoms with E-state index in [4.69, 9.17) is 28.9 Å². The van der Waals surface area contributed by atoms with Crippen molar-refractivity contribution in [2.45, 2.75) is 19.4 Å². The van der Waals surface area contributed by atoms with Crippen LogP contribution in [0, 0.1) is 6.92 Å². The van der Waals surface area contributed by atoms with Gasteiger partial charge in [-0.1, -0.05) is 41.4 Å². The zero-order chi connectivity index (χ0) is 21.0. The van der Waals surface area contributed by atoms with Crippen molar-refractivity contribution >= 4 is 58.3 Å². The maximum Gasteiger partial charge on any atom is 0.252 e. The van der Waals surface area contributed by atoms with Crippen LogP contribution in [-0.4, -0.2) is 29.8 Å². The molecule has 1 atom stereocenters. The first-order valence-corrected chi connectivity index (χ1v) is 9.38. The Hall–Kier alpha value is -3.10. The molecular formula is C19H18Cl2N6O2. The summed E-state index contributed by atoms with van der Waals surface area (Å²) in [5.74, 6) is -0.782. The van der Waals surface area contributed by atoms with Gasteiger partial charge in [0.1, 0.15) is 6.04 Å². The summed E-state index contributed by atoms with van der Waals surface area (Å²) in [5, 5.41) is 8.82. The number of hydrogen-bond donors (Lipinski definition) is 4. The molecule has 150 valence electrons. The summed E-state index contributed by atoms with van der Waals surface area (Å²) in [4.78, 5) is 32.5. The number of amides is 2. The van der Waals surface area contributed by atoms with Gasteiger partial charge in [0, 0.05) is 10.7 Å². The lowest BCUT2D eigenvalue weighted by Gasteiger charge is -2.08. The first-order chi connectivity index (χ1) is 13.8. The van der Waals surface area contributed by atoms with Crippen LogP contribution in [0.15, 0.2) is 52.4 Å². The van der Waals surface area contributed by atoms with Crippen LogP contribution in [0.4, 0.5) is 11.4 Å². The molecule has 1 heterocycles. The summed E-state index contributed by atoms with van der Waals surface area (Å²) in [7, 11) is 0. The first-order valence-electron chi connectivity index (χ1n) is 8.62. The van der Waals surface area contributed by atoms with Gasteiger partial charge in [0.15, 0.2) is 0 Å². The number of nitrogens with zero attached hydrogens (tertiary/aromatic N) is 2. The van der Waals surface area contributed by atoms with Crippen LogP contribution in [0.25, 0.3) is 0 Å². The standard InChI is InChI=1S/C19H18Cl2N6O2/c1-10-4-2-3-5-13(10)24-18(22)27-19-25-15(17(29)26-19)9-16(28)23-14-8-11(20)6-7-12(14)21/h2-8,15H,9H2,1H3,(H,23,28)(H4,22,24,25,26,27,29). The van der Waals surface area contributed by atoms with Gasteiger partial charge in [-0.2, -0.15) is 4.99 Å². The molecule has 5 N–H and O–H groups in total. The Morgan fingerprint density at radius 1 is 1.21 bits per heavy atom. The van der Waals surface area contributed by atoms with E-state index < -0.39 is 17.9 Å². The number of rotatable bonds is 4. The summed E-state index contributed by atoms with van der Waals surface area (Å²) < 4.78 is 0. The number of benzene rings is 2. The summed E-state index contributed by atoms with van der Waals surface area (Å²) in [6, 6.07) is 11.3. The summed E-state index contributed by atoms with van der Waals surface area (Å²) >= 11 is 11.9. The van der Waals surface area contributed by atoms with Gasteiger partial charge in [-0.05, 0) is 36.8 Å². The van der Waals surface area contributed by atoms with E-state index in [9.17, 15) is 9.59 Å². The molecule has 1 aliphatic rings. The molecule has 0 aromatic heterocycles. The Bertz CT molecular complexity index is 1020. The molecule has 1 aliphatic heterocycles. The van der Waals surface area contributed by atoms with Gasteiger partial charge in [-0.15, -0.1) is 0 Å². The van der Waals surface area contributed by atoms with Crippen LogP contribution in [-0.2, 0) is 9.59 Å². The Morgan fingerprint density at radius 2 is 1.97 bits per heavy atom. The fourth-order valence-electron chi connectivity index (χ4n) is 2.59. The van der Waals surface area contributed by atoms with E-state index in [0.717, 1.165) is 11.3 Å². The molecule has 0 bridgehead atoms. The third-order valence-electron chi connectivity index (χ3n) is 4.03. The van der Waals surface area contributed by atoms with Gasteiger partial charge in [0.2, 0.25) is 17.8 Å². The molecule has 0 fully saturated rings. The molecule has 1 unspecified atom stereocenters. The molecule has 8 nitrogen and oxygen atoms in total. The number of aliphatic imine (C=N–C) groups is 2. The Morgan fingerprint density at radius 3 is 2.72 bits per heavy atom. The highest BCUT2D eigenvalue weighted by Crippen LogP contribution is 2.25. The molecule has 0 saturated carbocycles. The fourth-order valence-corrected chi connectivity index (χ4v) is 2.93. The second kappa shape index (κ2) is 8.93. The van der Waals surface area contributed by atoms with Crippen LogP contribution in [0.3, 0.4) is 0 Å². The smallest absolute Gasteiger partial charge is 0.252 e. The van der Waals surface area contributed by atoms with E-state index in [1.165, 1.54) is 6.07 Å². The highest BCUT2D eigenvalue weighted by molar-refractivity contribution is 6.35. The summed E-state index contributed by atoms with van der Waals surface area (Å²) in [5.41, 5.74) is 8.01. The third kappa shape index (κ3) is 5.46. The van der Waals surface area contributed by atoms with Crippen molar-refractivity contribution < 1.29 is 9.59 Å². The number of aryl methyl sites for hydroxylation is 1. The molecule has 0 aliphatic carbocycles. The number of nitrogens with one attached hydrogen (secondary N) is 3. The molecule has 10 heteroatoms. The van der Waals surface area contributed by atoms with Gasteiger partial charge in [0.05, 0.1) is 17.1 Å². The Balaban J connectivity index is 1.64. The van der Waals surface area contributed by atoms with Gasteiger partial charge >= 0.3 is 0 Å². The van der Waals surface area contributed by atoms with Gasteiger partial charge in [0.25, 0.3) is 5.91 Å². The van der Waals surface area contributed by atoms with Crippen molar-refractivity contribution in [3.05, 3.63) is 58.1 Å².